The van der Waals surface area contributed by atoms with E-state index in [9.17, 15) is 10.1 Å². The Morgan fingerprint density at radius 2 is 2.24 bits per heavy atom. The maximum atomic E-state index is 15.0. The first-order chi connectivity index (χ1) is 16.0. The number of aryl methyl sites for hydroxylation is 1. The molecule has 7 nitrogen and oxygen atoms in total. The molecule has 1 aliphatic rings. The Labute approximate surface area is 192 Å². The molecule has 0 saturated carbocycles. The van der Waals surface area contributed by atoms with Crippen LogP contribution < -0.4 is 15.4 Å². The van der Waals surface area contributed by atoms with Crippen LogP contribution in [0.3, 0.4) is 0 Å². The van der Waals surface area contributed by atoms with E-state index in [0.29, 0.717) is 18.7 Å². The van der Waals surface area contributed by atoms with Crippen LogP contribution in [-0.4, -0.2) is 49.4 Å². The van der Waals surface area contributed by atoms with Gasteiger partial charge in [0.05, 0.1) is 18.7 Å². The summed E-state index contributed by atoms with van der Waals surface area (Å²) in [7, 11) is 3.56. The molecule has 172 valence electrons. The van der Waals surface area contributed by atoms with Crippen molar-refractivity contribution in [2.45, 2.75) is 25.0 Å². The molecule has 4 rings (SSSR count). The minimum absolute atomic E-state index is 0.0673. The molecular formula is C25H27FN4O3. The Morgan fingerprint density at radius 3 is 3.00 bits per heavy atom. The van der Waals surface area contributed by atoms with E-state index in [1.807, 2.05) is 42.1 Å². The van der Waals surface area contributed by atoms with E-state index in [4.69, 9.17) is 9.47 Å². The molecule has 2 aromatic carbocycles. The van der Waals surface area contributed by atoms with Crippen LogP contribution in [0.4, 0.5) is 4.39 Å². The molecule has 3 aromatic rings. The van der Waals surface area contributed by atoms with Gasteiger partial charge in [-0.15, -0.1) is 0 Å². The summed E-state index contributed by atoms with van der Waals surface area (Å²) in [5.41, 5.74) is 2.91. The molecule has 0 aliphatic carbocycles. The maximum Gasteiger partial charge on any atom is 0.251 e. The van der Waals surface area contributed by atoms with Crippen LogP contribution in [0.15, 0.2) is 42.6 Å². The number of aromatic nitrogens is 1. The molecule has 1 saturated heterocycles. The Morgan fingerprint density at radius 1 is 1.39 bits per heavy atom. The average molecular weight is 451 g/mol. The number of hydrogen-bond donors (Lipinski definition) is 2. The van der Waals surface area contributed by atoms with E-state index in [1.165, 1.54) is 6.07 Å². The number of carbonyl (C=O) groups excluding carboxylic acids is 1. The predicted molar refractivity (Wildman–Crippen MR) is 123 cm³/mol. The first-order valence-electron chi connectivity index (χ1n) is 10.9. The lowest BCUT2D eigenvalue weighted by molar-refractivity contribution is -0.132. The van der Waals surface area contributed by atoms with Crippen LogP contribution in [0, 0.1) is 17.1 Å². The fourth-order valence-electron chi connectivity index (χ4n) is 4.18. The minimum Gasteiger partial charge on any atom is -0.495 e. The first-order valence-corrected chi connectivity index (χ1v) is 10.9. The number of nitriles is 1. The number of benzene rings is 2. The zero-order chi connectivity index (χ0) is 23.4. The van der Waals surface area contributed by atoms with Gasteiger partial charge in [-0.1, -0.05) is 12.1 Å². The zero-order valence-electron chi connectivity index (χ0n) is 18.7. The number of halogens is 1. The zero-order valence-corrected chi connectivity index (χ0v) is 18.7. The van der Waals surface area contributed by atoms with Gasteiger partial charge in [0.15, 0.2) is 0 Å². The molecule has 0 radical (unpaired) electrons. The number of amides is 1. The number of fused-ring (bicyclic) bond motifs is 1. The standard InChI is InChI=1S/C25H27FN4O3/c1-30-10-8-20-19(6-7-22(32-2)24(20)30)16-4-5-17(21(26)13-16)12-18(14-27)29-25(31)23-15-28-9-3-11-33-23/h4-8,10,13,18,23,28H,3,9,11-12,15H2,1-2H3,(H,29,31)/t18-,23?/m0/s1. The Kier molecular flexibility index (Phi) is 6.92. The van der Waals surface area contributed by atoms with Gasteiger partial charge in [-0.25, -0.2) is 4.39 Å². The lowest BCUT2D eigenvalue weighted by Gasteiger charge is -2.18. The molecule has 2 heterocycles. The van der Waals surface area contributed by atoms with Crippen LogP contribution in [0.25, 0.3) is 22.0 Å². The highest BCUT2D eigenvalue weighted by Gasteiger charge is 2.24. The molecule has 1 aromatic heterocycles. The topological polar surface area (TPSA) is 88.3 Å². The Bertz CT molecular complexity index is 1190. The molecule has 8 heteroatoms. The molecule has 2 N–H and O–H groups in total. The van der Waals surface area contributed by atoms with Crippen molar-refractivity contribution in [1.29, 1.82) is 5.26 Å². The molecule has 1 aliphatic heterocycles. The summed E-state index contributed by atoms with van der Waals surface area (Å²) in [6.07, 6.45) is 2.18. The van der Waals surface area contributed by atoms with Gasteiger partial charge in [0.25, 0.3) is 5.91 Å². The van der Waals surface area contributed by atoms with E-state index in [1.54, 1.807) is 13.2 Å². The van der Waals surface area contributed by atoms with Crippen molar-refractivity contribution in [2.24, 2.45) is 7.05 Å². The van der Waals surface area contributed by atoms with Gasteiger partial charge in [-0.2, -0.15) is 5.26 Å². The van der Waals surface area contributed by atoms with Gasteiger partial charge in [0, 0.05) is 38.2 Å². The number of carbonyl (C=O) groups is 1. The first kappa shape index (κ1) is 22.8. The lowest BCUT2D eigenvalue weighted by atomic mass is 9.97. The van der Waals surface area contributed by atoms with Crippen molar-refractivity contribution in [3.8, 4) is 22.9 Å². The van der Waals surface area contributed by atoms with E-state index in [-0.39, 0.29) is 12.3 Å². The number of nitrogens with one attached hydrogen (secondary N) is 2. The van der Waals surface area contributed by atoms with Crippen molar-refractivity contribution in [2.75, 3.05) is 26.8 Å². The van der Waals surface area contributed by atoms with Gasteiger partial charge in [0.1, 0.15) is 23.7 Å². The average Bonchev–Trinajstić information content (AvgIpc) is 3.03. The quantitative estimate of drug-likeness (QED) is 0.603. The summed E-state index contributed by atoms with van der Waals surface area (Å²) >= 11 is 0. The molecule has 2 atom stereocenters. The Balaban J connectivity index is 1.52. The summed E-state index contributed by atoms with van der Waals surface area (Å²) in [5, 5.41) is 16.3. The Hall–Kier alpha value is -3.41. The molecule has 33 heavy (non-hydrogen) atoms. The molecule has 0 spiro atoms. The third kappa shape index (κ3) is 4.85. The van der Waals surface area contributed by atoms with E-state index in [0.717, 1.165) is 40.7 Å². The number of methoxy groups -OCH3 is 1. The monoisotopic (exact) mass is 450 g/mol. The molecule has 0 bridgehead atoms. The largest absolute Gasteiger partial charge is 0.495 e. The van der Waals surface area contributed by atoms with Crippen molar-refractivity contribution in [3.63, 3.8) is 0 Å². The number of hydrogen-bond acceptors (Lipinski definition) is 5. The molecule has 1 amide bonds. The number of rotatable bonds is 6. The van der Waals surface area contributed by atoms with Gasteiger partial charge in [-0.05, 0) is 53.9 Å². The van der Waals surface area contributed by atoms with Crippen molar-refractivity contribution in [1.82, 2.24) is 15.2 Å². The van der Waals surface area contributed by atoms with E-state index >= 15 is 4.39 Å². The second kappa shape index (κ2) is 10.0. The highest BCUT2D eigenvalue weighted by Crippen LogP contribution is 2.35. The third-order valence-corrected chi connectivity index (χ3v) is 5.92. The number of nitrogens with zero attached hydrogens (tertiary/aromatic N) is 2. The summed E-state index contributed by atoms with van der Waals surface area (Å²) in [6.45, 7) is 1.66. The summed E-state index contributed by atoms with van der Waals surface area (Å²) in [6, 6.07) is 11.9. The van der Waals surface area contributed by atoms with Gasteiger partial charge in [-0.3, -0.25) is 4.79 Å². The highest BCUT2D eigenvalue weighted by molar-refractivity contribution is 5.98. The fourth-order valence-corrected chi connectivity index (χ4v) is 4.18. The number of ether oxygens (including phenoxy) is 2. The summed E-state index contributed by atoms with van der Waals surface area (Å²) < 4.78 is 28.0. The fraction of sp³-hybridized carbons (Fsp3) is 0.360. The van der Waals surface area contributed by atoms with Crippen LogP contribution in [0.5, 0.6) is 5.75 Å². The third-order valence-electron chi connectivity index (χ3n) is 5.92. The molecule has 1 fully saturated rings. The van der Waals surface area contributed by atoms with E-state index < -0.39 is 18.0 Å². The van der Waals surface area contributed by atoms with Crippen molar-refractivity contribution >= 4 is 16.8 Å². The molecular weight excluding hydrogens is 423 g/mol. The molecule has 1 unspecified atom stereocenters. The second-order valence-corrected chi connectivity index (χ2v) is 8.12. The summed E-state index contributed by atoms with van der Waals surface area (Å²) in [5.74, 6) is -0.0363. The van der Waals surface area contributed by atoms with Crippen molar-refractivity contribution < 1.29 is 18.7 Å². The smallest absolute Gasteiger partial charge is 0.251 e. The highest BCUT2D eigenvalue weighted by atomic mass is 19.1. The minimum atomic E-state index is -0.855. The van der Waals surface area contributed by atoms with E-state index in [2.05, 4.69) is 16.7 Å². The maximum absolute atomic E-state index is 15.0. The predicted octanol–water partition coefficient (Wildman–Crippen LogP) is 2.92. The van der Waals surface area contributed by atoms with Crippen LogP contribution in [-0.2, 0) is 23.0 Å². The van der Waals surface area contributed by atoms with Crippen molar-refractivity contribution in [3.05, 3.63) is 54.0 Å². The second-order valence-electron chi connectivity index (χ2n) is 8.12. The SMILES string of the molecule is COc1ccc(-c2ccc(C[C@@H](C#N)NC(=O)C3CNCCCO3)c(F)c2)c2ccn(C)c12. The summed E-state index contributed by atoms with van der Waals surface area (Å²) in [4.78, 5) is 12.5. The van der Waals surface area contributed by atoms with Crippen LogP contribution >= 0.6 is 0 Å². The lowest BCUT2D eigenvalue weighted by Crippen LogP contribution is -2.46. The van der Waals surface area contributed by atoms with Gasteiger partial charge < -0.3 is 24.7 Å². The van der Waals surface area contributed by atoms with Crippen LogP contribution in [0.2, 0.25) is 0 Å². The van der Waals surface area contributed by atoms with Gasteiger partial charge >= 0.3 is 0 Å². The van der Waals surface area contributed by atoms with Gasteiger partial charge in [0.2, 0.25) is 0 Å². The van der Waals surface area contributed by atoms with Crippen LogP contribution in [0.1, 0.15) is 12.0 Å². The normalized spacial score (nSPS) is 17.2.